The first-order valence-corrected chi connectivity index (χ1v) is 8.57. The van der Waals surface area contributed by atoms with Gasteiger partial charge in [0.15, 0.2) is 0 Å². The number of amides is 1. The minimum atomic E-state index is -0.174. The molecule has 1 unspecified atom stereocenters. The van der Waals surface area contributed by atoms with Crippen LogP contribution in [-0.4, -0.2) is 22.3 Å². The fraction of sp³-hybridized carbons (Fsp3) is 0.136. The molecule has 1 aromatic heterocycles. The molecule has 4 rings (SSSR count). The van der Waals surface area contributed by atoms with Crippen molar-refractivity contribution in [1.82, 2.24) is 9.88 Å². The Labute approximate surface area is 152 Å². The lowest BCUT2D eigenvalue weighted by Gasteiger charge is -2.37. The van der Waals surface area contributed by atoms with Gasteiger partial charge in [-0.15, -0.1) is 0 Å². The molecule has 126 valence electrons. The van der Waals surface area contributed by atoms with Crippen LogP contribution in [0.5, 0.6) is 0 Å². The van der Waals surface area contributed by atoms with Gasteiger partial charge in [0.25, 0.3) is 5.91 Å². The molecule has 3 aromatic rings. The monoisotopic (exact) mass is 339 g/mol. The molecule has 1 atom stereocenters. The highest BCUT2D eigenvalue weighted by atomic mass is 16.2. The summed E-state index contributed by atoms with van der Waals surface area (Å²) in [5.41, 5.74) is 4.42. The van der Waals surface area contributed by atoms with Gasteiger partial charge < -0.3 is 4.90 Å². The second kappa shape index (κ2) is 6.81. The van der Waals surface area contributed by atoms with E-state index in [0.717, 1.165) is 17.5 Å². The summed E-state index contributed by atoms with van der Waals surface area (Å²) in [6.07, 6.45) is 4.37. The highest BCUT2D eigenvalue weighted by Crippen LogP contribution is 2.35. The molecular weight excluding hydrogens is 322 g/mol. The van der Waals surface area contributed by atoms with Crippen LogP contribution >= 0.6 is 0 Å². The van der Waals surface area contributed by atoms with Crippen molar-refractivity contribution in [2.75, 3.05) is 6.54 Å². The molecule has 2 aromatic carbocycles. The Bertz CT molecular complexity index is 992. The number of pyridine rings is 1. The topological polar surface area (TPSA) is 57.0 Å². The summed E-state index contributed by atoms with van der Waals surface area (Å²) in [5, 5.41) is 9.13. The lowest BCUT2D eigenvalue weighted by atomic mass is 9.88. The van der Waals surface area contributed by atoms with E-state index >= 15 is 0 Å². The molecule has 26 heavy (non-hydrogen) atoms. The summed E-state index contributed by atoms with van der Waals surface area (Å²) in [5.74, 6) is -0.0644. The summed E-state index contributed by atoms with van der Waals surface area (Å²) in [7, 11) is 0. The Morgan fingerprint density at radius 1 is 1.12 bits per heavy atom. The number of nitriles is 1. The van der Waals surface area contributed by atoms with E-state index in [-0.39, 0.29) is 11.9 Å². The van der Waals surface area contributed by atoms with Gasteiger partial charge in [-0.2, -0.15) is 5.26 Å². The molecule has 4 nitrogen and oxygen atoms in total. The largest absolute Gasteiger partial charge is 0.327 e. The number of hydrogen-bond donors (Lipinski definition) is 0. The van der Waals surface area contributed by atoms with E-state index in [0.29, 0.717) is 17.7 Å². The molecule has 0 bridgehead atoms. The van der Waals surface area contributed by atoms with Crippen LogP contribution < -0.4 is 0 Å². The van der Waals surface area contributed by atoms with Crippen LogP contribution in [0.4, 0.5) is 0 Å². The predicted octanol–water partition coefficient (Wildman–Crippen LogP) is 3.74. The first-order valence-electron chi connectivity index (χ1n) is 8.57. The van der Waals surface area contributed by atoms with Crippen LogP contribution in [0, 0.1) is 11.3 Å². The van der Waals surface area contributed by atoms with Crippen LogP contribution in [0.1, 0.15) is 38.7 Å². The molecule has 4 heteroatoms. The Kier molecular flexibility index (Phi) is 4.20. The molecule has 0 saturated carbocycles. The lowest BCUT2D eigenvalue weighted by Crippen LogP contribution is -2.40. The van der Waals surface area contributed by atoms with Gasteiger partial charge in [0.05, 0.1) is 17.7 Å². The Hall–Kier alpha value is -3.45. The summed E-state index contributed by atoms with van der Waals surface area (Å²) in [4.78, 5) is 19.4. The second-order valence-corrected chi connectivity index (χ2v) is 6.33. The van der Waals surface area contributed by atoms with Crippen molar-refractivity contribution in [1.29, 1.82) is 5.26 Å². The van der Waals surface area contributed by atoms with E-state index in [2.05, 4.69) is 23.2 Å². The van der Waals surface area contributed by atoms with Crippen molar-refractivity contribution in [2.45, 2.75) is 12.5 Å². The third-order valence-corrected chi connectivity index (χ3v) is 4.78. The highest BCUT2D eigenvalue weighted by Gasteiger charge is 2.32. The van der Waals surface area contributed by atoms with Gasteiger partial charge in [0.1, 0.15) is 0 Å². The van der Waals surface area contributed by atoms with Gasteiger partial charge in [0.2, 0.25) is 0 Å². The quantitative estimate of drug-likeness (QED) is 0.714. The van der Waals surface area contributed by atoms with E-state index in [4.69, 9.17) is 5.26 Å². The number of fused-ring (bicyclic) bond motifs is 1. The maximum atomic E-state index is 13.3. The minimum absolute atomic E-state index is 0.0644. The van der Waals surface area contributed by atoms with E-state index in [1.807, 2.05) is 35.4 Å². The van der Waals surface area contributed by atoms with Crippen molar-refractivity contribution in [3.05, 3.63) is 101 Å². The number of carbonyl (C=O) groups excluding carboxylic acids is 1. The standard InChI is InChI=1S/C22H17N3O/c23-14-16-5-3-7-18(13-16)22(26)25-12-10-17-6-1-2-9-20(17)21(25)19-8-4-11-24-15-19/h1-9,11,13,15,21H,10,12H2. The molecule has 0 aliphatic carbocycles. The smallest absolute Gasteiger partial charge is 0.254 e. The number of carbonyl (C=O) groups is 1. The minimum Gasteiger partial charge on any atom is -0.327 e. The van der Waals surface area contributed by atoms with Gasteiger partial charge >= 0.3 is 0 Å². The zero-order chi connectivity index (χ0) is 17.9. The molecule has 0 saturated heterocycles. The van der Waals surface area contributed by atoms with E-state index in [1.165, 1.54) is 5.56 Å². The highest BCUT2D eigenvalue weighted by molar-refractivity contribution is 5.95. The zero-order valence-electron chi connectivity index (χ0n) is 14.2. The van der Waals surface area contributed by atoms with E-state index < -0.39 is 0 Å². The summed E-state index contributed by atoms with van der Waals surface area (Å²) in [6, 6.07) is 21.0. The molecule has 2 heterocycles. The van der Waals surface area contributed by atoms with Crippen molar-refractivity contribution >= 4 is 5.91 Å². The molecule has 1 amide bonds. The van der Waals surface area contributed by atoms with Crippen molar-refractivity contribution < 1.29 is 4.79 Å². The number of benzene rings is 2. The SMILES string of the molecule is N#Cc1cccc(C(=O)N2CCc3ccccc3C2c2cccnc2)c1. The van der Waals surface area contributed by atoms with Gasteiger partial charge in [-0.1, -0.05) is 36.4 Å². The van der Waals surface area contributed by atoms with Crippen LogP contribution in [0.2, 0.25) is 0 Å². The predicted molar refractivity (Wildman–Crippen MR) is 98.4 cm³/mol. The summed E-state index contributed by atoms with van der Waals surface area (Å²) in [6.45, 7) is 0.631. The summed E-state index contributed by atoms with van der Waals surface area (Å²) >= 11 is 0. The maximum Gasteiger partial charge on any atom is 0.254 e. The average Bonchev–Trinajstić information content (AvgIpc) is 2.73. The molecule has 0 radical (unpaired) electrons. The Morgan fingerprint density at radius 2 is 2.00 bits per heavy atom. The number of aromatic nitrogens is 1. The van der Waals surface area contributed by atoms with Crippen LogP contribution in [0.15, 0.2) is 73.1 Å². The van der Waals surface area contributed by atoms with Crippen molar-refractivity contribution in [3.8, 4) is 6.07 Å². The summed E-state index contributed by atoms with van der Waals surface area (Å²) < 4.78 is 0. The molecule has 1 aliphatic rings. The Morgan fingerprint density at radius 3 is 2.81 bits per heavy atom. The van der Waals surface area contributed by atoms with Gasteiger partial charge in [-0.3, -0.25) is 9.78 Å². The first kappa shape index (κ1) is 16.0. The fourth-order valence-electron chi connectivity index (χ4n) is 3.57. The van der Waals surface area contributed by atoms with E-state index in [1.54, 1.807) is 30.5 Å². The fourth-order valence-corrected chi connectivity index (χ4v) is 3.57. The number of rotatable bonds is 2. The molecule has 0 N–H and O–H groups in total. The second-order valence-electron chi connectivity index (χ2n) is 6.33. The normalized spacial score (nSPS) is 15.8. The van der Waals surface area contributed by atoms with Crippen LogP contribution in [0.25, 0.3) is 0 Å². The van der Waals surface area contributed by atoms with Crippen LogP contribution in [0.3, 0.4) is 0 Å². The number of nitrogens with zero attached hydrogens (tertiary/aromatic N) is 3. The van der Waals surface area contributed by atoms with E-state index in [9.17, 15) is 4.79 Å². The maximum absolute atomic E-state index is 13.3. The Balaban J connectivity index is 1.79. The van der Waals surface area contributed by atoms with Gasteiger partial charge in [-0.05, 0) is 47.4 Å². The molecule has 0 spiro atoms. The van der Waals surface area contributed by atoms with Crippen molar-refractivity contribution in [2.24, 2.45) is 0 Å². The van der Waals surface area contributed by atoms with Crippen LogP contribution in [-0.2, 0) is 6.42 Å². The molecule has 0 fully saturated rings. The van der Waals surface area contributed by atoms with Gasteiger partial charge in [0, 0.05) is 24.5 Å². The third kappa shape index (κ3) is 2.84. The molecular formula is C22H17N3O. The first-order chi connectivity index (χ1) is 12.8. The molecule has 1 aliphatic heterocycles. The zero-order valence-corrected chi connectivity index (χ0v) is 14.2. The average molecular weight is 339 g/mol. The third-order valence-electron chi connectivity index (χ3n) is 4.78. The lowest BCUT2D eigenvalue weighted by molar-refractivity contribution is 0.0694. The number of hydrogen-bond acceptors (Lipinski definition) is 3. The van der Waals surface area contributed by atoms with Gasteiger partial charge in [-0.25, -0.2) is 0 Å². The van der Waals surface area contributed by atoms with Crippen molar-refractivity contribution in [3.63, 3.8) is 0 Å².